The zero-order chi connectivity index (χ0) is 13.3. The molecule has 1 aromatic rings. The quantitative estimate of drug-likeness (QED) is 0.905. The molecular weight excluding hydrogens is 259 g/mol. The van der Waals surface area contributed by atoms with Gasteiger partial charge in [-0.15, -0.1) is 0 Å². The molecule has 0 atom stereocenters. The first-order valence-electron chi connectivity index (χ1n) is 5.57. The number of carbonyl (C=O) groups is 1. The van der Waals surface area contributed by atoms with Crippen LogP contribution in [-0.4, -0.2) is 37.1 Å². The van der Waals surface area contributed by atoms with E-state index in [1.165, 1.54) is 17.0 Å². The van der Waals surface area contributed by atoms with Crippen LogP contribution < -0.4 is 5.73 Å². The molecule has 1 heterocycles. The second-order valence-corrected chi connectivity index (χ2v) is 4.57. The Kier molecular flexibility index (Phi) is 3.85. The maximum Gasteiger partial charge on any atom is 0.257 e. The monoisotopic (exact) mass is 272 g/mol. The molecule has 2 N–H and O–H groups in total. The largest absolute Gasteiger partial charge is 0.378 e. The molecule has 1 aromatic carbocycles. The van der Waals surface area contributed by atoms with Crippen LogP contribution in [0.25, 0.3) is 0 Å². The molecular formula is C12H14ClFN2O2. The van der Waals surface area contributed by atoms with Gasteiger partial charge >= 0.3 is 0 Å². The first kappa shape index (κ1) is 13.3. The first-order chi connectivity index (χ1) is 8.58. The molecule has 6 heteroatoms. The fourth-order valence-corrected chi connectivity index (χ4v) is 2.10. The Morgan fingerprint density at radius 3 is 2.83 bits per heavy atom. The lowest BCUT2D eigenvalue weighted by atomic mass is 10.1. The third-order valence-corrected chi connectivity index (χ3v) is 3.44. The lowest BCUT2D eigenvalue weighted by Gasteiger charge is -2.38. The van der Waals surface area contributed by atoms with E-state index in [0.29, 0.717) is 13.1 Å². The number of nitrogens with zero attached hydrogens (tertiary/aromatic N) is 1. The summed E-state index contributed by atoms with van der Waals surface area (Å²) in [7, 11) is 1.59. The maximum atomic E-state index is 14.0. The van der Waals surface area contributed by atoms with Crippen LogP contribution in [0.3, 0.4) is 0 Å². The number of rotatable bonds is 3. The van der Waals surface area contributed by atoms with Gasteiger partial charge in [0, 0.05) is 37.3 Å². The highest BCUT2D eigenvalue weighted by Crippen LogP contribution is 2.24. The Labute approximate surface area is 109 Å². The van der Waals surface area contributed by atoms with Crippen molar-refractivity contribution in [3.05, 3.63) is 34.1 Å². The summed E-state index contributed by atoms with van der Waals surface area (Å²) in [5.74, 6) is -0.983. The van der Waals surface area contributed by atoms with E-state index in [4.69, 9.17) is 22.1 Å². The summed E-state index contributed by atoms with van der Waals surface area (Å²) in [6.07, 6.45) is 0.0401. The van der Waals surface area contributed by atoms with Crippen molar-refractivity contribution in [2.75, 3.05) is 20.2 Å². The Balaban J connectivity index is 2.21. The molecule has 98 valence electrons. The van der Waals surface area contributed by atoms with Crippen LogP contribution in [0, 0.1) is 5.82 Å². The Morgan fingerprint density at radius 1 is 1.61 bits per heavy atom. The highest BCUT2D eigenvalue weighted by atomic mass is 35.5. The fourth-order valence-electron chi connectivity index (χ4n) is 1.87. The van der Waals surface area contributed by atoms with E-state index in [9.17, 15) is 9.18 Å². The van der Waals surface area contributed by atoms with Gasteiger partial charge in [0.1, 0.15) is 5.82 Å². The average molecular weight is 273 g/mol. The van der Waals surface area contributed by atoms with Gasteiger partial charge in [0.15, 0.2) is 0 Å². The maximum absolute atomic E-state index is 14.0. The molecule has 2 rings (SSSR count). The topological polar surface area (TPSA) is 55.6 Å². The van der Waals surface area contributed by atoms with Crippen LogP contribution in [0.4, 0.5) is 4.39 Å². The molecule has 1 amide bonds. The van der Waals surface area contributed by atoms with Crippen LogP contribution in [0.2, 0.25) is 5.02 Å². The molecule has 1 fully saturated rings. The molecule has 0 saturated carbocycles. The number of likely N-dealkylation sites (tertiary alicyclic amines) is 1. The molecule has 0 bridgehead atoms. The minimum absolute atomic E-state index is 0.00871. The molecule has 4 nitrogen and oxygen atoms in total. The van der Waals surface area contributed by atoms with E-state index in [-0.39, 0.29) is 34.7 Å². The summed E-state index contributed by atoms with van der Waals surface area (Å²) in [5, 5.41) is 0.241. The Bertz CT molecular complexity index is 475. The highest BCUT2D eigenvalue weighted by molar-refractivity contribution is 6.31. The van der Waals surface area contributed by atoms with Gasteiger partial charge in [-0.2, -0.15) is 0 Å². The smallest absolute Gasteiger partial charge is 0.257 e. The number of halogens is 2. The fraction of sp³-hybridized carbons (Fsp3) is 0.417. The molecule has 0 spiro atoms. The van der Waals surface area contributed by atoms with Crippen LogP contribution in [0.5, 0.6) is 0 Å². The van der Waals surface area contributed by atoms with Crippen molar-refractivity contribution < 1.29 is 13.9 Å². The van der Waals surface area contributed by atoms with Gasteiger partial charge in [0.2, 0.25) is 0 Å². The number of benzene rings is 1. The van der Waals surface area contributed by atoms with Crippen molar-refractivity contribution in [2.24, 2.45) is 5.73 Å². The number of hydrogen-bond acceptors (Lipinski definition) is 3. The second kappa shape index (κ2) is 5.22. The van der Waals surface area contributed by atoms with Crippen LogP contribution in [0.1, 0.15) is 15.9 Å². The number of ether oxygens (including phenoxy) is 1. The van der Waals surface area contributed by atoms with E-state index in [1.54, 1.807) is 7.11 Å². The van der Waals surface area contributed by atoms with Crippen LogP contribution in [-0.2, 0) is 11.3 Å². The zero-order valence-electron chi connectivity index (χ0n) is 9.95. The predicted molar refractivity (Wildman–Crippen MR) is 66.0 cm³/mol. The number of hydrogen-bond donors (Lipinski definition) is 1. The number of amides is 1. The third kappa shape index (κ3) is 2.21. The predicted octanol–water partition coefficient (Wildman–Crippen LogP) is 1.41. The van der Waals surface area contributed by atoms with Crippen molar-refractivity contribution in [1.29, 1.82) is 0 Å². The van der Waals surface area contributed by atoms with Crippen LogP contribution in [0.15, 0.2) is 12.1 Å². The lowest BCUT2D eigenvalue weighted by Crippen LogP contribution is -2.54. The summed E-state index contributed by atoms with van der Waals surface area (Å²) in [5.41, 5.74) is 5.60. The van der Waals surface area contributed by atoms with Crippen molar-refractivity contribution in [2.45, 2.75) is 12.6 Å². The van der Waals surface area contributed by atoms with Crippen LogP contribution >= 0.6 is 11.6 Å². The van der Waals surface area contributed by atoms with E-state index in [0.717, 1.165) is 0 Å². The van der Waals surface area contributed by atoms with Crippen molar-refractivity contribution in [3.8, 4) is 0 Å². The van der Waals surface area contributed by atoms with Crippen molar-refractivity contribution >= 4 is 17.5 Å². The second-order valence-electron chi connectivity index (χ2n) is 4.16. The number of nitrogens with two attached hydrogens (primary N) is 1. The minimum Gasteiger partial charge on any atom is -0.378 e. The molecule has 0 radical (unpaired) electrons. The van der Waals surface area contributed by atoms with E-state index >= 15 is 0 Å². The van der Waals surface area contributed by atoms with Gasteiger partial charge in [-0.05, 0) is 12.1 Å². The Morgan fingerprint density at radius 2 is 2.28 bits per heavy atom. The van der Waals surface area contributed by atoms with Gasteiger partial charge in [-0.3, -0.25) is 4.79 Å². The summed E-state index contributed by atoms with van der Waals surface area (Å²) >= 11 is 5.81. The molecule has 0 unspecified atom stereocenters. The number of methoxy groups -OCH3 is 1. The molecule has 1 aliphatic heterocycles. The zero-order valence-corrected chi connectivity index (χ0v) is 10.7. The van der Waals surface area contributed by atoms with Gasteiger partial charge in [0.05, 0.1) is 11.7 Å². The molecule has 0 aromatic heterocycles. The SMILES string of the molecule is COC1CN(C(=O)c2ccc(Cl)c(CN)c2F)C1. The van der Waals surface area contributed by atoms with Gasteiger partial charge < -0.3 is 15.4 Å². The average Bonchev–Trinajstić information content (AvgIpc) is 2.28. The summed E-state index contributed by atoms with van der Waals surface area (Å²) in [4.78, 5) is 13.6. The summed E-state index contributed by atoms with van der Waals surface area (Å²) in [6.45, 7) is 0.928. The molecule has 1 aliphatic rings. The van der Waals surface area contributed by atoms with Crippen molar-refractivity contribution in [3.63, 3.8) is 0 Å². The third-order valence-electron chi connectivity index (χ3n) is 3.09. The molecule has 0 aliphatic carbocycles. The summed E-state index contributed by atoms with van der Waals surface area (Å²) < 4.78 is 19.1. The van der Waals surface area contributed by atoms with E-state index < -0.39 is 5.82 Å². The summed E-state index contributed by atoms with van der Waals surface area (Å²) in [6, 6.07) is 2.88. The van der Waals surface area contributed by atoms with E-state index in [2.05, 4.69) is 0 Å². The van der Waals surface area contributed by atoms with Gasteiger partial charge in [0.25, 0.3) is 5.91 Å². The lowest BCUT2D eigenvalue weighted by molar-refractivity contribution is -0.0194. The highest BCUT2D eigenvalue weighted by Gasteiger charge is 2.32. The van der Waals surface area contributed by atoms with Gasteiger partial charge in [-0.1, -0.05) is 11.6 Å². The first-order valence-corrected chi connectivity index (χ1v) is 5.95. The molecule has 1 saturated heterocycles. The normalized spacial score (nSPS) is 15.7. The number of carbonyl (C=O) groups excluding carboxylic acids is 1. The van der Waals surface area contributed by atoms with E-state index in [1.807, 2.05) is 0 Å². The van der Waals surface area contributed by atoms with Gasteiger partial charge in [-0.25, -0.2) is 4.39 Å². The van der Waals surface area contributed by atoms with Crippen molar-refractivity contribution in [1.82, 2.24) is 4.90 Å². The minimum atomic E-state index is -0.629. The Hall–Kier alpha value is -1.17. The molecule has 18 heavy (non-hydrogen) atoms. The standard InChI is InChI=1S/C12H14ClFN2O2/c1-18-7-5-16(6-7)12(17)8-2-3-10(13)9(4-15)11(8)14/h2-3,7H,4-6,15H2,1H3.